The lowest BCUT2D eigenvalue weighted by molar-refractivity contribution is 0.281. The van der Waals surface area contributed by atoms with Gasteiger partial charge in [0.2, 0.25) is 0 Å². The van der Waals surface area contributed by atoms with E-state index >= 15 is 0 Å². The van der Waals surface area contributed by atoms with Crippen molar-refractivity contribution in [1.82, 2.24) is 10.3 Å². The van der Waals surface area contributed by atoms with Gasteiger partial charge >= 0.3 is 0 Å². The van der Waals surface area contributed by atoms with E-state index in [0.717, 1.165) is 17.1 Å². The van der Waals surface area contributed by atoms with Gasteiger partial charge in [0.1, 0.15) is 5.82 Å². The predicted molar refractivity (Wildman–Crippen MR) is 86.2 cm³/mol. The van der Waals surface area contributed by atoms with Crippen LogP contribution in [-0.2, 0) is 13.2 Å². The van der Waals surface area contributed by atoms with Crippen molar-refractivity contribution in [2.24, 2.45) is 0 Å². The van der Waals surface area contributed by atoms with E-state index in [0.29, 0.717) is 6.54 Å². The van der Waals surface area contributed by atoms with Gasteiger partial charge in [-0.05, 0) is 30.2 Å². The Bertz CT molecular complexity index is 584. The molecule has 0 aliphatic carbocycles. The first-order valence-corrected chi connectivity index (χ1v) is 7.16. The number of nitrogens with zero attached hydrogens (tertiary/aromatic N) is 2. The van der Waals surface area contributed by atoms with Gasteiger partial charge in [-0.25, -0.2) is 4.98 Å². The molecule has 1 aromatic heterocycles. The molecule has 4 heteroatoms. The third-order valence-electron chi connectivity index (χ3n) is 3.47. The summed E-state index contributed by atoms with van der Waals surface area (Å²) in [6, 6.07) is 14.3. The number of aromatic nitrogens is 1. The van der Waals surface area contributed by atoms with E-state index < -0.39 is 0 Å². The zero-order valence-corrected chi connectivity index (χ0v) is 12.9. The Balaban J connectivity index is 2.00. The van der Waals surface area contributed by atoms with Crippen molar-refractivity contribution in [3.63, 3.8) is 0 Å². The maximum atomic E-state index is 9.20. The average Bonchev–Trinajstić information content (AvgIpc) is 2.53. The number of rotatable bonds is 6. The fourth-order valence-electron chi connectivity index (χ4n) is 2.15. The smallest absolute Gasteiger partial charge is 0.128 e. The van der Waals surface area contributed by atoms with Gasteiger partial charge in [-0.15, -0.1) is 0 Å². The molecular weight excluding hydrogens is 262 g/mol. The molecule has 1 aromatic carbocycles. The van der Waals surface area contributed by atoms with Gasteiger partial charge in [0.05, 0.1) is 12.3 Å². The van der Waals surface area contributed by atoms with E-state index in [1.807, 2.05) is 55.4 Å². The molecule has 0 amide bonds. The summed E-state index contributed by atoms with van der Waals surface area (Å²) in [6.07, 6.45) is 0. The molecule has 0 aliphatic heterocycles. The number of aliphatic hydroxyl groups is 1. The van der Waals surface area contributed by atoms with Gasteiger partial charge < -0.3 is 15.3 Å². The third-order valence-corrected chi connectivity index (χ3v) is 3.47. The molecule has 1 unspecified atom stereocenters. The molecule has 4 nitrogen and oxygen atoms in total. The first kappa shape index (κ1) is 15.5. The summed E-state index contributed by atoms with van der Waals surface area (Å²) >= 11 is 0. The average molecular weight is 285 g/mol. The Morgan fingerprint density at radius 2 is 1.95 bits per heavy atom. The quantitative estimate of drug-likeness (QED) is 0.856. The molecule has 1 heterocycles. The van der Waals surface area contributed by atoms with Crippen molar-refractivity contribution in [2.75, 3.05) is 19.0 Å². The molecule has 2 N–H and O–H groups in total. The monoisotopic (exact) mass is 285 g/mol. The normalized spacial score (nSPS) is 12.2. The van der Waals surface area contributed by atoms with Crippen LogP contribution in [0.4, 0.5) is 5.82 Å². The molecule has 0 fully saturated rings. The van der Waals surface area contributed by atoms with Crippen LogP contribution in [0.25, 0.3) is 0 Å². The molecule has 0 spiro atoms. The standard InChI is InChI=1S/C17H23N3O/c1-13(15-7-4-6-14(10-15)12-21)18-11-16-8-5-9-17(19-16)20(2)3/h4-10,13,18,21H,11-12H2,1-3H3. The Hall–Kier alpha value is -1.91. The topological polar surface area (TPSA) is 48.4 Å². The SMILES string of the molecule is CC(NCc1cccc(N(C)C)n1)c1cccc(CO)c1. The van der Waals surface area contributed by atoms with Crippen molar-refractivity contribution in [3.8, 4) is 0 Å². The summed E-state index contributed by atoms with van der Waals surface area (Å²) < 4.78 is 0. The zero-order chi connectivity index (χ0) is 15.2. The number of hydrogen-bond donors (Lipinski definition) is 2. The highest BCUT2D eigenvalue weighted by atomic mass is 16.3. The molecular formula is C17H23N3O. The van der Waals surface area contributed by atoms with E-state index in [9.17, 15) is 5.11 Å². The lowest BCUT2D eigenvalue weighted by atomic mass is 10.1. The second kappa shape index (κ2) is 7.20. The highest BCUT2D eigenvalue weighted by molar-refractivity contribution is 5.37. The van der Waals surface area contributed by atoms with Gasteiger partial charge in [0.15, 0.2) is 0 Å². The van der Waals surface area contributed by atoms with Crippen molar-refractivity contribution in [3.05, 3.63) is 59.3 Å². The Morgan fingerprint density at radius 3 is 2.67 bits per heavy atom. The summed E-state index contributed by atoms with van der Waals surface area (Å²) in [5.41, 5.74) is 3.13. The molecule has 0 bridgehead atoms. The molecule has 0 saturated carbocycles. The van der Waals surface area contributed by atoms with E-state index in [1.165, 1.54) is 5.56 Å². The van der Waals surface area contributed by atoms with Crippen LogP contribution in [0, 0.1) is 0 Å². The molecule has 0 radical (unpaired) electrons. The highest BCUT2D eigenvalue weighted by Gasteiger charge is 2.06. The van der Waals surface area contributed by atoms with Crippen LogP contribution in [0.2, 0.25) is 0 Å². The van der Waals surface area contributed by atoms with E-state index in [4.69, 9.17) is 0 Å². The van der Waals surface area contributed by atoms with Gasteiger partial charge in [-0.3, -0.25) is 0 Å². The minimum atomic E-state index is 0.0764. The highest BCUT2D eigenvalue weighted by Crippen LogP contribution is 2.15. The second-order valence-electron chi connectivity index (χ2n) is 5.39. The molecule has 2 rings (SSSR count). The van der Waals surface area contributed by atoms with Crippen LogP contribution in [0.1, 0.15) is 29.8 Å². The fourth-order valence-corrected chi connectivity index (χ4v) is 2.15. The van der Waals surface area contributed by atoms with Crippen molar-refractivity contribution >= 4 is 5.82 Å². The lowest BCUT2D eigenvalue weighted by Crippen LogP contribution is -2.20. The largest absolute Gasteiger partial charge is 0.392 e. The maximum Gasteiger partial charge on any atom is 0.128 e. The number of anilines is 1. The minimum absolute atomic E-state index is 0.0764. The molecule has 21 heavy (non-hydrogen) atoms. The summed E-state index contributed by atoms with van der Waals surface area (Å²) in [7, 11) is 3.98. The molecule has 2 aromatic rings. The Kier molecular flexibility index (Phi) is 5.31. The van der Waals surface area contributed by atoms with Crippen LogP contribution in [0.3, 0.4) is 0 Å². The Labute approximate surface area is 126 Å². The van der Waals surface area contributed by atoms with E-state index in [-0.39, 0.29) is 12.6 Å². The number of aliphatic hydroxyl groups excluding tert-OH is 1. The second-order valence-corrected chi connectivity index (χ2v) is 5.39. The zero-order valence-electron chi connectivity index (χ0n) is 12.9. The van der Waals surface area contributed by atoms with Gasteiger partial charge in [0, 0.05) is 26.7 Å². The van der Waals surface area contributed by atoms with Crippen molar-refractivity contribution in [1.29, 1.82) is 0 Å². The number of pyridine rings is 1. The van der Waals surface area contributed by atoms with Crippen molar-refractivity contribution in [2.45, 2.75) is 26.1 Å². The maximum absolute atomic E-state index is 9.20. The predicted octanol–water partition coefficient (Wildman–Crippen LogP) is 2.49. The van der Waals surface area contributed by atoms with Crippen LogP contribution >= 0.6 is 0 Å². The van der Waals surface area contributed by atoms with Crippen molar-refractivity contribution < 1.29 is 5.11 Å². The summed E-state index contributed by atoms with van der Waals surface area (Å²) in [6.45, 7) is 2.91. The van der Waals surface area contributed by atoms with Crippen LogP contribution in [0.15, 0.2) is 42.5 Å². The van der Waals surface area contributed by atoms with E-state index in [2.05, 4.69) is 23.3 Å². The number of nitrogens with one attached hydrogen (secondary N) is 1. The number of hydrogen-bond acceptors (Lipinski definition) is 4. The van der Waals surface area contributed by atoms with Gasteiger partial charge in [-0.1, -0.05) is 30.3 Å². The van der Waals surface area contributed by atoms with Gasteiger partial charge in [-0.2, -0.15) is 0 Å². The van der Waals surface area contributed by atoms with Gasteiger partial charge in [0.25, 0.3) is 0 Å². The van der Waals surface area contributed by atoms with Crippen LogP contribution < -0.4 is 10.2 Å². The molecule has 0 saturated heterocycles. The fraction of sp³-hybridized carbons (Fsp3) is 0.353. The molecule has 0 aliphatic rings. The van der Waals surface area contributed by atoms with Crippen LogP contribution in [0.5, 0.6) is 0 Å². The van der Waals surface area contributed by atoms with E-state index in [1.54, 1.807) is 0 Å². The van der Waals surface area contributed by atoms with Crippen LogP contribution in [-0.4, -0.2) is 24.2 Å². The number of benzene rings is 1. The Morgan fingerprint density at radius 1 is 1.19 bits per heavy atom. The minimum Gasteiger partial charge on any atom is -0.392 e. The first-order chi connectivity index (χ1) is 10.1. The third kappa shape index (κ3) is 4.28. The first-order valence-electron chi connectivity index (χ1n) is 7.16. The summed E-state index contributed by atoms with van der Waals surface area (Å²) in [5, 5.41) is 12.7. The molecule has 112 valence electrons. The lowest BCUT2D eigenvalue weighted by Gasteiger charge is -2.16. The molecule has 1 atom stereocenters. The summed E-state index contributed by atoms with van der Waals surface area (Å²) in [4.78, 5) is 6.59. The summed E-state index contributed by atoms with van der Waals surface area (Å²) in [5.74, 6) is 0.962.